The number of hydrogen-bond acceptors (Lipinski definition) is 3. The third kappa shape index (κ3) is 3.01. The predicted octanol–water partition coefficient (Wildman–Crippen LogP) is 2.14. The third-order valence-corrected chi connectivity index (χ3v) is 4.00. The molecule has 0 radical (unpaired) electrons. The lowest BCUT2D eigenvalue weighted by atomic mass is 9.96. The Morgan fingerprint density at radius 2 is 2.21 bits per heavy atom. The summed E-state index contributed by atoms with van der Waals surface area (Å²) in [6, 6.07) is 5.60. The number of carbonyl (C=O) groups excluding carboxylic acids is 1. The summed E-state index contributed by atoms with van der Waals surface area (Å²) in [5.41, 5.74) is 12.7. The average Bonchev–Trinajstić information content (AvgIpc) is 2.38. The summed E-state index contributed by atoms with van der Waals surface area (Å²) >= 11 is 6.29. The van der Waals surface area contributed by atoms with Gasteiger partial charge in [0.25, 0.3) is 0 Å². The van der Waals surface area contributed by atoms with Gasteiger partial charge in [0.05, 0.1) is 10.7 Å². The van der Waals surface area contributed by atoms with Crippen LogP contribution in [0.5, 0.6) is 0 Å². The van der Waals surface area contributed by atoms with E-state index in [9.17, 15) is 4.79 Å². The van der Waals surface area contributed by atoms with E-state index in [1.807, 2.05) is 13.0 Å². The van der Waals surface area contributed by atoms with Gasteiger partial charge in [0, 0.05) is 24.2 Å². The zero-order chi connectivity index (χ0) is 14.0. The SMILES string of the molecule is CC(N)C1CCCCN1c1ccc(C(N)=O)cc1Cl. The molecule has 1 aliphatic rings. The zero-order valence-corrected chi connectivity index (χ0v) is 11.9. The molecule has 0 spiro atoms. The second kappa shape index (κ2) is 5.80. The minimum Gasteiger partial charge on any atom is -0.366 e. The molecule has 4 N–H and O–H groups in total. The van der Waals surface area contributed by atoms with E-state index in [1.165, 1.54) is 6.42 Å². The van der Waals surface area contributed by atoms with E-state index in [4.69, 9.17) is 23.1 Å². The lowest BCUT2D eigenvalue weighted by Crippen LogP contribution is -2.49. The van der Waals surface area contributed by atoms with Gasteiger partial charge in [-0.2, -0.15) is 0 Å². The van der Waals surface area contributed by atoms with Gasteiger partial charge in [-0.1, -0.05) is 11.6 Å². The van der Waals surface area contributed by atoms with E-state index < -0.39 is 5.91 Å². The topological polar surface area (TPSA) is 72.3 Å². The number of amides is 1. The maximum absolute atomic E-state index is 11.1. The molecule has 2 unspecified atom stereocenters. The number of anilines is 1. The molecule has 1 aromatic carbocycles. The quantitative estimate of drug-likeness (QED) is 0.892. The largest absolute Gasteiger partial charge is 0.366 e. The summed E-state index contributed by atoms with van der Waals surface area (Å²) in [7, 11) is 0. The van der Waals surface area contributed by atoms with Crippen LogP contribution in [0.2, 0.25) is 5.02 Å². The number of piperidine rings is 1. The van der Waals surface area contributed by atoms with Crippen LogP contribution in [-0.2, 0) is 0 Å². The Balaban J connectivity index is 2.31. The van der Waals surface area contributed by atoms with E-state index in [-0.39, 0.29) is 6.04 Å². The summed E-state index contributed by atoms with van der Waals surface area (Å²) in [5, 5.41) is 0.559. The molecule has 1 aliphatic heterocycles. The number of hydrogen-bond donors (Lipinski definition) is 2. The van der Waals surface area contributed by atoms with Crippen LogP contribution < -0.4 is 16.4 Å². The summed E-state index contributed by atoms with van der Waals surface area (Å²) in [6.45, 7) is 2.97. The second-order valence-electron chi connectivity index (χ2n) is 5.15. The fourth-order valence-electron chi connectivity index (χ4n) is 2.70. The first-order valence-corrected chi connectivity index (χ1v) is 7.00. The molecule has 19 heavy (non-hydrogen) atoms. The average molecular weight is 282 g/mol. The van der Waals surface area contributed by atoms with Crippen molar-refractivity contribution in [2.24, 2.45) is 11.5 Å². The van der Waals surface area contributed by atoms with Crippen molar-refractivity contribution >= 4 is 23.2 Å². The highest BCUT2D eigenvalue weighted by Crippen LogP contribution is 2.32. The van der Waals surface area contributed by atoms with Gasteiger partial charge in [0.2, 0.25) is 5.91 Å². The molecule has 5 heteroatoms. The van der Waals surface area contributed by atoms with Gasteiger partial charge in [0.1, 0.15) is 0 Å². The lowest BCUT2D eigenvalue weighted by molar-refractivity contribution is 0.100. The van der Waals surface area contributed by atoms with Crippen LogP contribution in [0.15, 0.2) is 18.2 Å². The predicted molar refractivity (Wildman–Crippen MR) is 78.6 cm³/mol. The Labute approximate surface area is 118 Å². The van der Waals surface area contributed by atoms with Crippen molar-refractivity contribution in [1.29, 1.82) is 0 Å². The van der Waals surface area contributed by atoms with Crippen LogP contribution in [0.1, 0.15) is 36.5 Å². The molecule has 4 nitrogen and oxygen atoms in total. The molecule has 0 bridgehead atoms. The van der Waals surface area contributed by atoms with E-state index in [0.29, 0.717) is 16.6 Å². The first-order valence-electron chi connectivity index (χ1n) is 6.62. The van der Waals surface area contributed by atoms with Crippen molar-refractivity contribution in [2.45, 2.75) is 38.3 Å². The number of rotatable bonds is 3. The number of carbonyl (C=O) groups is 1. The van der Waals surface area contributed by atoms with E-state index in [0.717, 1.165) is 25.1 Å². The lowest BCUT2D eigenvalue weighted by Gasteiger charge is -2.40. The van der Waals surface area contributed by atoms with Gasteiger partial charge in [-0.15, -0.1) is 0 Å². The maximum atomic E-state index is 11.1. The van der Waals surface area contributed by atoms with E-state index in [2.05, 4.69) is 4.90 Å². The highest BCUT2D eigenvalue weighted by molar-refractivity contribution is 6.33. The number of benzene rings is 1. The molecule has 1 amide bonds. The Bertz CT molecular complexity index is 476. The highest BCUT2D eigenvalue weighted by atomic mass is 35.5. The fraction of sp³-hybridized carbons (Fsp3) is 0.500. The van der Waals surface area contributed by atoms with Gasteiger partial charge < -0.3 is 16.4 Å². The van der Waals surface area contributed by atoms with Crippen molar-refractivity contribution < 1.29 is 4.79 Å². The van der Waals surface area contributed by atoms with Gasteiger partial charge in [0.15, 0.2) is 0 Å². The molecule has 2 atom stereocenters. The number of halogens is 1. The normalized spacial score (nSPS) is 21.2. The van der Waals surface area contributed by atoms with Crippen molar-refractivity contribution in [3.8, 4) is 0 Å². The highest BCUT2D eigenvalue weighted by Gasteiger charge is 2.27. The summed E-state index contributed by atoms with van der Waals surface area (Å²) in [4.78, 5) is 13.4. The molecule has 0 aliphatic carbocycles. The summed E-state index contributed by atoms with van der Waals surface area (Å²) in [6.07, 6.45) is 3.41. The Morgan fingerprint density at radius 3 is 2.79 bits per heavy atom. The molecule has 1 aromatic rings. The van der Waals surface area contributed by atoms with Gasteiger partial charge in [-0.3, -0.25) is 4.79 Å². The first-order chi connectivity index (χ1) is 9.00. The Kier molecular flexibility index (Phi) is 4.32. The van der Waals surface area contributed by atoms with Crippen LogP contribution in [0.25, 0.3) is 0 Å². The molecule has 2 rings (SSSR count). The number of primary amides is 1. The zero-order valence-electron chi connectivity index (χ0n) is 11.1. The maximum Gasteiger partial charge on any atom is 0.248 e. The van der Waals surface area contributed by atoms with E-state index >= 15 is 0 Å². The molecular formula is C14H20ClN3O. The minimum absolute atomic E-state index is 0.0900. The molecule has 1 fully saturated rings. The van der Waals surface area contributed by atoms with Gasteiger partial charge in [-0.25, -0.2) is 0 Å². The van der Waals surface area contributed by atoms with Crippen LogP contribution in [-0.4, -0.2) is 24.5 Å². The van der Waals surface area contributed by atoms with Crippen LogP contribution >= 0.6 is 11.6 Å². The smallest absolute Gasteiger partial charge is 0.248 e. The second-order valence-corrected chi connectivity index (χ2v) is 5.55. The van der Waals surface area contributed by atoms with E-state index in [1.54, 1.807) is 12.1 Å². The van der Waals surface area contributed by atoms with Crippen molar-refractivity contribution in [3.05, 3.63) is 28.8 Å². The molecule has 1 heterocycles. The standard InChI is InChI=1S/C14H20ClN3O/c1-9(16)12-4-2-3-7-18(12)13-6-5-10(14(17)19)8-11(13)15/h5-6,8-9,12H,2-4,7,16H2,1H3,(H2,17,19). The third-order valence-electron chi connectivity index (χ3n) is 3.70. The van der Waals surface area contributed by atoms with Crippen LogP contribution in [0.3, 0.4) is 0 Å². The first kappa shape index (κ1) is 14.2. The molecule has 0 saturated carbocycles. The van der Waals surface area contributed by atoms with Crippen molar-refractivity contribution in [2.75, 3.05) is 11.4 Å². The Hall–Kier alpha value is -1.26. The molecule has 1 saturated heterocycles. The fourth-order valence-corrected chi connectivity index (χ4v) is 2.99. The van der Waals surface area contributed by atoms with Crippen molar-refractivity contribution in [3.63, 3.8) is 0 Å². The molecule has 0 aromatic heterocycles. The van der Waals surface area contributed by atoms with Crippen LogP contribution in [0.4, 0.5) is 5.69 Å². The monoisotopic (exact) mass is 281 g/mol. The molecular weight excluding hydrogens is 262 g/mol. The molecule has 104 valence electrons. The number of nitrogens with two attached hydrogens (primary N) is 2. The van der Waals surface area contributed by atoms with Crippen molar-refractivity contribution in [1.82, 2.24) is 0 Å². The minimum atomic E-state index is -0.462. The van der Waals surface area contributed by atoms with Gasteiger partial charge >= 0.3 is 0 Å². The summed E-state index contributed by atoms with van der Waals surface area (Å²) < 4.78 is 0. The van der Waals surface area contributed by atoms with Crippen LogP contribution in [0, 0.1) is 0 Å². The number of nitrogens with zero attached hydrogens (tertiary/aromatic N) is 1. The van der Waals surface area contributed by atoms with Gasteiger partial charge in [-0.05, 0) is 44.4 Å². The summed E-state index contributed by atoms with van der Waals surface area (Å²) in [5.74, 6) is -0.462. The Morgan fingerprint density at radius 1 is 1.47 bits per heavy atom.